The van der Waals surface area contributed by atoms with E-state index in [-0.39, 0.29) is 63.3 Å². The van der Waals surface area contributed by atoms with Crippen LogP contribution in [0.25, 0.3) is 4.85 Å². The second-order valence-corrected chi connectivity index (χ2v) is 14.7. The quantitative estimate of drug-likeness (QED) is 0.303. The Kier molecular flexibility index (Phi) is 4.67. The van der Waals surface area contributed by atoms with Crippen molar-refractivity contribution in [3.63, 3.8) is 0 Å². The molecule has 0 aromatic rings. The third-order valence-corrected chi connectivity index (χ3v) is 12.8. The van der Waals surface area contributed by atoms with Crippen LogP contribution in [0.2, 0.25) is 0 Å². The second-order valence-electron chi connectivity index (χ2n) is 14.7. The Morgan fingerprint density at radius 1 is 1.05 bits per heavy atom. The Hall–Kier alpha value is -2.22. The van der Waals surface area contributed by atoms with Gasteiger partial charge in [-0.3, -0.25) is 9.59 Å². The zero-order chi connectivity index (χ0) is 27.7. The lowest BCUT2D eigenvalue weighted by Crippen LogP contribution is -2.65. The first kappa shape index (κ1) is 23.9. The number of hydrogen-bond donors (Lipinski definition) is 0. The van der Waals surface area contributed by atoms with Gasteiger partial charge in [-0.15, -0.1) is 0 Å². The van der Waals surface area contributed by atoms with E-state index in [0.29, 0.717) is 6.42 Å². The van der Waals surface area contributed by atoms with Gasteiger partial charge in [-0.2, -0.15) is 0 Å². The van der Waals surface area contributed by atoms with Crippen LogP contribution >= 0.6 is 0 Å². The Balaban J connectivity index is 1.55. The molecule has 0 radical (unpaired) electrons. The van der Waals surface area contributed by atoms with E-state index in [1.807, 2.05) is 13.0 Å². The molecule has 198 valence electrons. The number of allylic oxidation sites excluding steroid dienone is 4. The number of esters is 1. The van der Waals surface area contributed by atoms with E-state index < -0.39 is 16.2 Å². The van der Waals surface area contributed by atoms with Crippen LogP contribution in [0.1, 0.15) is 93.8 Å². The van der Waals surface area contributed by atoms with E-state index in [1.165, 1.54) is 7.11 Å². The Bertz CT molecular complexity index is 1280. The van der Waals surface area contributed by atoms with Gasteiger partial charge in [0.2, 0.25) is 5.70 Å². The SMILES string of the molecule is [2H]C1=C([N+]#[C-])C(=O)C2(CC2)[C@@H]2CC[C@]3(C)C(=CC(=O)[C@@H]4[C@@H]5CC(C)(C)CC[C@]5(C(=O)OC)CC[C@]43C)[C@@]12C. The van der Waals surface area contributed by atoms with Crippen molar-refractivity contribution in [2.45, 2.75) is 92.4 Å². The molecule has 37 heavy (non-hydrogen) atoms. The van der Waals surface area contributed by atoms with Crippen molar-refractivity contribution in [2.24, 2.45) is 50.2 Å². The molecule has 0 aliphatic heterocycles. The summed E-state index contributed by atoms with van der Waals surface area (Å²) in [5.74, 6) is -0.654. The number of fused-ring (bicyclic) bond motifs is 8. The van der Waals surface area contributed by atoms with Crippen molar-refractivity contribution in [1.29, 1.82) is 0 Å². The zero-order valence-electron chi connectivity index (χ0n) is 24.3. The van der Waals surface area contributed by atoms with Gasteiger partial charge in [0.25, 0.3) is 0 Å². The number of Topliss-reactive ketones (excluding diaryl/α,β-unsaturated/α-hetero) is 1. The molecule has 5 heteroatoms. The van der Waals surface area contributed by atoms with Crippen LogP contribution < -0.4 is 0 Å². The number of carbonyl (C=O) groups excluding carboxylic acids is 3. The van der Waals surface area contributed by atoms with Gasteiger partial charge in [0.05, 0.1) is 19.1 Å². The van der Waals surface area contributed by atoms with Crippen LogP contribution in [-0.2, 0) is 19.1 Å². The van der Waals surface area contributed by atoms with E-state index in [0.717, 1.165) is 56.9 Å². The molecule has 0 bridgehead atoms. The lowest BCUT2D eigenvalue weighted by Gasteiger charge is -2.68. The number of ether oxygens (including phenoxy) is 1. The van der Waals surface area contributed by atoms with Gasteiger partial charge in [0.1, 0.15) is 0 Å². The lowest BCUT2D eigenvalue weighted by molar-refractivity contribution is -0.190. The maximum Gasteiger partial charge on any atom is 0.312 e. The molecule has 6 aliphatic rings. The van der Waals surface area contributed by atoms with Crippen LogP contribution in [0.3, 0.4) is 0 Å². The summed E-state index contributed by atoms with van der Waals surface area (Å²) in [6, 6.07) is 0.116. The van der Waals surface area contributed by atoms with E-state index in [9.17, 15) is 15.8 Å². The number of carbonyl (C=O) groups is 3. The van der Waals surface area contributed by atoms with E-state index in [4.69, 9.17) is 11.3 Å². The van der Waals surface area contributed by atoms with Gasteiger partial charge in [-0.25, -0.2) is 4.85 Å². The average Bonchev–Trinajstić information content (AvgIpc) is 3.66. The minimum Gasteiger partial charge on any atom is -0.469 e. The predicted octanol–water partition coefficient (Wildman–Crippen LogP) is 6.49. The molecule has 0 N–H and O–H groups in total. The minimum atomic E-state index is -0.802. The molecule has 4 fully saturated rings. The molecular weight excluding hydrogens is 462 g/mol. The molecule has 0 saturated heterocycles. The molecule has 0 aromatic carbocycles. The summed E-state index contributed by atoms with van der Waals surface area (Å²) in [6.07, 6.45) is 9.02. The predicted molar refractivity (Wildman–Crippen MR) is 140 cm³/mol. The fourth-order valence-corrected chi connectivity index (χ4v) is 10.4. The lowest BCUT2D eigenvalue weighted by atomic mass is 9.34. The van der Waals surface area contributed by atoms with E-state index in [2.05, 4.69) is 32.5 Å². The van der Waals surface area contributed by atoms with Crippen molar-refractivity contribution >= 4 is 17.5 Å². The first-order chi connectivity index (χ1) is 17.7. The van der Waals surface area contributed by atoms with E-state index >= 15 is 0 Å². The molecular formula is C32H41NO4. The maximum atomic E-state index is 14.4. The summed E-state index contributed by atoms with van der Waals surface area (Å²) in [4.78, 5) is 44.8. The molecule has 4 saturated carbocycles. The zero-order valence-corrected chi connectivity index (χ0v) is 23.3. The third kappa shape index (κ3) is 2.83. The number of ketones is 2. The summed E-state index contributed by atoms with van der Waals surface area (Å²) in [5.41, 5.74) is -1.72. The molecule has 1 spiro atoms. The third-order valence-electron chi connectivity index (χ3n) is 12.8. The molecule has 7 atom stereocenters. The molecule has 0 unspecified atom stereocenters. The van der Waals surface area contributed by atoms with Crippen LogP contribution in [0.5, 0.6) is 0 Å². The van der Waals surface area contributed by atoms with Crippen molar-refractivity contribution in [3.8, 4) is 0 Å². The highest BCUT2D eigenvalue weighted by Gasteiger charge is 2.73. The summed E-state index contributed by atoms with van der Waals surface area (Å²) < 4.78 is 14.6. The molecule has 0 heterocycles. The summed E-state index contributed by atoms with van der Waals surface area (Å²) in [5, 5.41) is 0. The number of rotatable bonds is 1. The fourth-order valence-electron chi connectivity index (χ4n) is 10.4. The topological polar surface area (TPSA) is 64.8 Å². The van der Waals surface area contributed by atoms with Crippen molar-refractivity contribution in [1.82, 2.24) is 0 Å². The Morgan fingerprint density at radius 2 is 1.73 bits per heavy atom. The largest absolute Gasteiger partial charge is 0.469 e. The molecule has 5 nitrogen and oxygen atoms in total. The minimum absolute atomic E-state index is 0.0199. The summed E-state index contributed by atoms with van der Waals surface area (Å²) in [6.45, 7) is 18.9. The normalized spacial score (nSPS) is 47.4. The van der Waals surface area contributed by atoms with Gasteiger partial charge in [-0.1, -0.05) is 46.2 Å². The second kappa shape index (κ2) is 7.25. The van der Waals surface area contributed by atoms with Gasteiger partial charge in [0, 0.05) is 18.1 Å². The molecule has 6 aliphatic carbocycles. The number of methoxy groups -OCH3 is 1. The van der Waals surface area contributed by atoms with Gasteiger partial charge < -0.3 is 9.53 Å². The highest BCUT2D eigenvalue weighted by Crippen LogP contribution is 2.76. The number of nitrogens with zero attached hydrogens (tertiary/aromatic N) is 1. The summed E-state index contributed by atoms with van der Waals surface area (Å²) in [7, 11) is 1.47. The first-order valence-corrected chi connectivity index (χ1v) is 14.2. The van der Waals surface area contributed by atoms with E-state index in [1.54, 1.807) is 0 Å². The van der Waals surface area contributed by atoms with Crippen molar-refractivity contribution in [2.75, 3.05) is 7.11 Å². The monoisotopic (exact) mass is 504 g/mol. The van der Waals surface area contributed by atoms with Gasteiger partial charge in [-0.05, 0) is 91.9 Å². The average molecular weight is 505 g/mol. The standard InChI is InChI=1S/C32H41NO4/c1-27(2)10-12-31(26(36)37-7)13-11-30(5)24(19(31)17-27)21(34)16-23-28(3)18-20(33-6)25(35)32(14-15-32)22(28)8-9-29(23,30)4/h16,18-19,22,24H,8-15,17H2,1-5,7H3/t19-,22+,24-,28-,29+,30+,31-/m0/s1/i18D. The fraction of sp³-hybridized carbons (Fsp3) is 0.750. The Labute approximate surface area is 222 Å². The molecule has 6 rings (SSSR count). The molecule has 0 amide bonds. The smallest absolute Gasteiger partial charge is 0.312 e. The highest BCUT2D eigenvalue weighted by molar-refractivity contribution is 6.05. The Morgan fingerprint density at radius 3 is 2.35 bits per heavy atom. The number of hydrogen-bond acceptors (Lipinski definition) is 4. The van der Waals surface area contributed by atoms with Crippen LogP contribution in [0.4, 0.5) is 0 Å². The van der Waals surface area contributed by atoms with Gasteiger partial charge >= 0.3 is 5.97 Å². The first-order valence-electron chi connectivity index (χ1n) is 14.7. The summed E-state index contributed by atoms with van der Waals surface area (Å²) >= 11 is 0. The van der Waals surface area contributed by atoms with Gasteiger partial charge in [0.15, 0.2) is 11.6 Å². The highest BCUT2D eigenvalue weighted by atomic mass is 16.5. The maximum absolute atomic E-state index is 14.4. The van der Waals surface area contributed by atoms with Crippen LogP contribution in [-0.4, -0.2) is 24.6 Å². The van der Waals surface area contributed by atoms with Crippen molar-refractivity contribution < 1.29 is 20.5 Å². The molecule has 0 aromatic heterocycles. The van der Waals surface area contributed by atoms with Crippen LogP contribution in [0.15, 0.2) is 23.4 Å². The van der Waals surface area contributed by atoms with Crippen molar-refractivity contribution in [3.05, 3.63) is 34.8 Å². The van der Waals surface area contributed by atoms with Crippen LogP contribution in [0, 0.1) is 56.8 Å².